The summed E-state index contributed by atoms with van der Waals surface area (Å²) < 4.78 is 12.6. The van der Waals surface area contributed by atoms with E-state index >= 15 is 0 Å². The van der Waals surface area contributed by atoms with Gasteiger partial charge in [-0.3, -0.25) is 9.59 Å². The van der Waals surface area contributed by atoms with E-state index in [1.807, 2.05) is 34.6 Å². The number of nitrogens with zero attached hydrogens (tertiary/aromatic N) is 2. The maximum Gasteiger partial charge on any atom is 0.317 e. The number of carbonyl (C=O) groups excluding carboxylic acids is 3. The summed E-state index contributed by atoms with van der Waals surface area (Å²) in [7, 11) is 1.75. The van der Waals surface area contributed by atoms with Crippen molar-refractivity contribution in [3.63, 3.8) is 0 Å². The number of carbonyl (C=O) groups is 3. The number of aliphatic hydroxyl groups excluding tert-OH is 1. The van der Waals surface area contributed by atoms with Crippen molar-refractivity contribution in [2.24, 2.45) is 11.8 Å². The lowest BCUT2D eigenvalue weighted by Crippen LogP contribution is -2.49. The number of anilines is 1. The molecule has 0 bridgehead atoms. The van der Waals surface area contributed by atoms with E-state index in [0.29, 0.717) is 36.7 Å². The Hall–Kier alpha value is -2.85. The highest BCUT2D eigenvalue weighted by molar-refractivity contribution is 6.00. The first-order valence-corrected chi connectivity index (χ1v) is 16.2. The average molecular weight is 603 g/mol. The summed E-state index contributed by atoms with van der Waals surface area (Å²) >= 11 is 0. The highest BCUT2D eigenvalue weighted by Gasteiger charge is 2.31. The van der Waals surface area contributed by atoms with Gasteiger partial charge in [-0.2, -0.15) is 0 Å². The molecule has 0 saturated heterocycles. The third kappa shape index (κ3) is 10.4. The molecule has 0 aromatic heterocycles. The molecular weight excluding hydrogens is 548 g/mol. The number of aliphatic hydroxyl groups is 1. The number of nitrogens with one attached hydrogen (secondary N) is 2. The number of hydrogen-bond acceptors (Lipinski definition) is 6. The SMILES string of the molecule is CC(C)NC(=O)N(C)C[C@H]1OCCCC[C@H](C)Oc2ccc(NC(=O)C3CCCCC3)cc2C(=O)N([C@@H](C)CO)C[C@@H]1C. The first-order valence-electron chi connectivity index (χ1n) is 16.2. The van der Waals surface area contributed by atoms with Gasteiger partial charge in [0.05, 0.1) is 30.4 Å². The fourth-order valence-corrected chi connectivity index (χ4v) is 5.78. The van der Waals surface area contributed by atoms with Gasteiger partial charge >= 0.3 is 6.03 Å². The van der Waals surface area contributed by atoms with Gasteiger partial charge in [-0.15, -0.1) is 0 Å². The third-order valence-corrected chi connectivity index (χ3v) is 8.51. The van der Waals surface area contributed by atoms with E-state index in [0.717, 1.165) is 51.4 Å². The van der Waals surface area contributed by atoms with Gasteiger partial charge in [0, 0.05) is 50.3 Å². The van der Waals surface area contributed by atoms with Gasteiger partial charge < -0.3 is 35.0 Å². The van der Waals surface area contributed by atoms with Crippen LogP contribution in [0.15, 0.2) is 18.2 Å². The Balaban J connectivity index is 1.91. The first kappa shape index (κ1) is 34.6. The van der Waals surface area contributed by atoms with E-state index in [9.17, 15) is 19.5 Å². The van der Waals surface area contributed by atoms with Crippen LogP contribution in [0.3, 0.4) is 0 Å². The number of hydrogen-bond donors (Lipinski definition) is 3. The van der Waals surface area contributed by atoms with Crippen LogP contribution in [0.25, 0.3) is 0 Å². The topological polar surface area (TPSA) is 120 Å². The molecule has 2 aliphatic rings. The minimum atomic E-state index is -0.476. The van der Waals surface area contributed by atoms with Crippen LogP contribution < -0.4 is 15.4 Å². The van der Waals surface area contributed by atoms with Crippen LogP contribution in [0.2, 0.25) is 0 Å². The summed E-state index contributed by atoms with van der Waals surface area (Å²) in [6, 6.07) is 4.63. The molecule has 1 saturated carbocycles. The molecule has 4 amide bonds. The molecule has 242 valence electrons. The molecule has 1 aliphatic heterocycles. The normalized spacial score (nSPS) is 23.5. The number of likely N-dealkylation sites (N-methyl/N-ethyl adjacent to an activating group) is 1. The lowest BCUT2D eigenvalue weighted by molar-refractivity contribution is -0.120. The summed E-state index contributed by atoms with van der Waals surface area (Å²) in [6.07, 6.45) is 7.10. The van der Waals surface area contributed by atoms with Crippen molar-refractivity contribution < 1.29 is 29.0 Å². The molecule has 10 heteroatoms. The lowest BCUT2D eigenvalue weighted by Gasteiger charge is -2.36. The molecule has 1 heterocycles. The minimum Gasteiger partial charge on any atom is -0.490 e. The Morgan fingerprint density at radius 3 is 2.44 bits per heavy atom. The smallest absolute Gasteiger partial charge is 0.317 e. The molecular formula is C33H54N4O6. The van der Waals surface area contributed by atoms with Crippen molar-refractivity contribution in [1.29, 1.82) is 0 Å². The third-order valence-electron chi connectivity index (χ3n) is 8.51. The fourth-order valence-electron chi connectivity index (χ4n) is 5.78. The van der Waals surface area contributed by atoms with Crippen molar-refractivity contribution in [2.75, 3.05) is 38.7 Å². The number of ether oxygens (including phenoxy) is 2. The second-order valence-corrected chi connectivity index (χ2v) is 12.8. The Morgan fingerprint density at radius 2 is 1.77 bits per heavy atom. The van der Waals surface area contributed by atoms with Crippen LogP contribution in [-0.2, 0) is 9.53 Å². The largest absolute Gasteiger partial charge is 0.490 e. The first-order chi connectivity index (χ1) is 20.5. The molecule has 0 radical (unpaired) electrons. The molecule has 0 unspecified atom stereocenters. The number of benzene rings is 1. The Kier molecular flexibility index (Phi) is 13.6. The van der Waals surface area contributed by atoms with Gasteiger partial charge in [-0.25, -0.2) is 4.79 Å². The van der Waals surface area contributed by atoms with Gasteiger partial charge in [-0.05, 0) is 78.0 Å². The maximum absolute atomic E-state index is 14.3. The second-order valence-electron chi connectivity index (χ2n) is 12.8. The van der Waals surface area contributed by atoms with Crippen molar-refractivity contribution in [3.8, 4) is 5.75 Å². The van der Waals surface area contributed by atoms with E-state index < -0.39 is 6.04 Å². The summed E-state index contributed by atoms with van der Waals surface area (Å²) in [6.45, 7) is 10.6. The molecule has 43 heavy (non-hydrogen) atoms. The fraction of sp³-hybridized carbons (Fsp3) is 0.727. The molecule has 3 N–H and O–H groups in total. The predicted octanol–water partition coefficient (Wildman–Crippen LogP) is 5.05. The standard InChI is InChI=1S/C33H54N4O6/c1-22(2)34-33(41)36(6)20-30-23(3)19-37(24(4)21-38)32(40)28-18-27(35-31(39)26-13-8-7-9-14-26)15-16-29(28)43-25(5)12-10-11-17-42-30/h15-16,18,22-26,30,38H,7-14,17,19-21H2,1-6H3,(H,34,41)(H,35,39)/t23-,24-,25-,30+/m0/s1. The molecule has 1 aromatic rings. The Labute approximate surface area is 257 Å². The summed E-state index contributed by atoms with van der Waals surface area (Å²) in [5.74, 6) is 0.00518. The van der Waals surface area contributed by atoms with E-state index in [1.165, 1.54) is 0 Å². The van der Waals surface area contributed by atoms with Crippen molar-refractivity contribution in [2.45, 2.75) is 110 Å². The summed E-state index contributed by atoms with van der Waals surface area (Å²) in [5.41, 5.74) is 0.910. The van der Waals surface area contributed by atoms with Crippen molar-refractivity contribution in [3.05, 3.63) is 23.8 Å². The van der Waals surface area contributed by atoms with E-state index in [-0.39, 0.29) is 54.5 Å². The molecule has 3 rings (SSSR count). The van der Waals surface area contributed by atoms with Crippen LogP contribution in [-0.4, -0.2) is 90.4 Å². The zero-order valence-corrected chi connectivity index (χ0v) is 27.1. The zero-order valence-electron chi connectivity index (χ0n) is 27.1. The van der Waals surface area contributed by atoms with Crippen LogP contribution >= 0.6 is 0 Å². The number of fused-ring (bicyclic) bond motifs is 1. The average Bonchev–Trinajstić information content (AvgIpc) is 2.98. The number of rotatable bonds is 7. The number of amides is 4. The highest BCUT2D eigenvalue weighted by atomic mass is 16.5. The highest BCUT2D eigenvalue weighted by Crippen LogP contribution is 2.30. The Morgan fingerprint density at radius 1 is 1.07 bits per heavy atom. The lowest BCUT2D eigenvalue weighted by atomic mass is 9.88. The molecule has 4 atom stereocenters. The van der Waals surface area contributed by atoms with E-state index in [4.69, 9.17) is 9.47 Å². The molecule has 10 nitrogen and oxygen atoms in total. The zero-order chi connectivity index (χ0) is 31.5. The van der Waals surface area contributed by atoms with Gasteiger partial charge in [-0.1, -0.05) is 26.2 Å². The summed E-state index contributed by atoms with van der Waals surface area (Å²) in [5, 5.41) is 16.1. The van der Waals surface area contributed by atoms with Crippen LogP contribution in [0.5, 0.6) is 5.75 Å². The van der Waals surface area contributed by atoms with Crippen molar-refractivity contribution in [1.82, 2.24) is 15.1 Å². The van der Waals surface area contributed by atoms with Gasteiger partial charge in [0.1, 0.15) is 5.75 Å². The van der Waals surface area contributed by atoms with Gasteiger partial charge in [0.15, 0.2) is 0 Å². The summed E-state index contributed by atoms with van der Waals surface area (Å²) in [4.78, 5) is 43.2. The molecule has 1 aromatic carbocycles. The second kappa shape index (κ2) is 16.9. The Bertz CT molecular complexity index is 1060. The van der Waals surface area contributed by atoms with Gasteiger partial charge in [0.2, 0.25) is 5.91 Å². The predicted molar refractivity (Wildman–Crippen MR) is 168 cm³/mol. The number of urea groups is 1. The molecule has 1 fully saturated rings. The van der Waals surface area contributed by atoms with E-state index in [2.05, 4.69) is 10.6 Å². The quantitative estimate of drug-likeness (QED) is 0.402. The van der Waals surface area contributed by atoms with Crippen molar-refractivity contribution >= 4 is 23.5 Å². The maximum atomic E-state index is 14.3. The molecule has 1 aliphatic carbocycles. The monoisotopic (exact) mass is 602 g/mol. The minimum absolute atomic E-state index is 0.0115. The molecule has 0 spiro atoms. The van der Waals surface area contributed by atoms with Gasteiger partial charge in [0.25, 0.3) is 5.91 Å². The van der Waals surface area contributed by atoms with Crippen LogP contribution in [0.4, 0.5) is 10.5 Å². The van der Waals surface area contributed by atoms with Crippen LogP contribution in [0.1, 0.15) is 96.3 Å². The van der Waals surface area contributed by atoms with Crippen LogP contribution in [0, 0.1) is 11.8 Å². The van der Waals surface area contributed by atoms with E-state index in [1.54, 1.807) is 35.0 Å².